The van der Waals surface area contributed by atoms with Gasteiger partial charge in [0, 0.05) is 10.6 Å². The summed E-state index contributed by atoms with van der Waals surface area (Å²) in [5.41, 5.74) is 0.566. The maximum absolute atomic E-state index is 13.4. The second kappa shape index (κ2) is 5.91. The van der Waals surface area contributed by atoms with E-state index in [0.717, 1.165) is 0 Å². The van der Waals surface area contributed by atoms with Crippen LogP contribution < -0.4 is 0 Å². The summed E-state index contributed by atoms with van der Waals surface area (Å²) in [4.78, 5) is 11.0. The lowest BCUT2D eigenvalue weighted by Crippen LogP contribution is -2.28. The molecule has 0 aromatic heterocycles. The molecule has 0 N–H and O–H groups in total. The van der Waals surface area contributed by atoms with E-state index in [9.17, 15) is 13.6 Å². The van der Waals surface area contributed by atoms with Crippen molar-refractivity contribution < 1.29 is 18.3 Å². The molecule has 0 fully saturated rings. The number of esters is 1. The highest BCUT2D eigenvalue weighted by Gasteiger charge is 2.38. The van der Waals surface area contributed by atoms with Crippen LogP contribution in [-0.2, 0) is 9.53 Å². The summed E-state index contributed by atoms with van der Waals surface area (Å²) in [6.45, 7) is 1.40. The largest absolute Gasteiger partial charge is 0.461 e. The van der Waals surface area contributed by atoms with Gasteiger partial charge in [0.15, 0.2) is 0 Å². The molecule has 0 amide bonds. The summed E-state index contributed by atoms with van der Waals surface area (Å²) in [7, 11) is 0. The minimum absolute atomic E-state index is 0.0782. The van der Waals surface area contributed by atoms with Crippen molar-refractivity contribution in [3.05, 3.63) is 42.0 Å². The van der Waals surface area contributed by atoms with Crippen molar-refractivity contribution in [1.82, 2.24) is 0 Å². The van der Waals surface area contributed by atoms with Crippen molar-refractivity contribution in [2.45, 2.75) is 12.8 Å². The third kappa shape index (κ3) is 3.93. The van der Waals surface area contributed by atoms with Gasteiger partial charge in [-0.3, -0.25) is 0 Å². The Morgan fingerprint density at radius 2 is 2.00 bits per heavy atom. The molecule has 0 saturated heterocycles. The predicted molar refractivity (Wildman–Crippen MR) is 64.9 cm³/mol. The maximum atomic E-state index is 13.4. The molecule has 1 rings (SSSR count). The zero-order chi connectivity index (χ0) is 12.9. The Labute approximate surface area is 106 Å². The van der Waals surface area contributed by atoms with Crippen LogP contribution in [0.5, 0.6) is 0 Å². The molecule has 92 valence electrons. The molecule has 0 saturated carbocycles. The number of carbonyl (C=O) groups excluding carboxylic acids is 1. The smallest absolute Gasteiger partial charge is 0.381 e. The van der Waals surface area contributed by atoms with Gasteiger partial charge in [0.1, 0.15) is 0 Å². The number of carbonyl (C=O) groups is 1. The molecule has 2 nitrogen and oxygen atoms in total. The van der Waals surface area contributed by atoms with Crippen LogP contribution in [0.1, 0.15) is 12.5 Å². The molecule has 1 aromatic carbocycles. The van der Waals surface area contributed by atoms with Crippen LogP contribution in [0.15, 0.2) is 36.4 Å². The van der Waals surface area contributed by atoms with E-state index >= 15 is 0 Å². The Balaban J connectivity index is 2.91. The average Bonchev–Trinajstić information content (AvgIpc) is 2.30. The third-order valence-electron chi connectivity index (χ3n) is 1.91. The van der Waals surface area contributed by atoms with E-state index in [0.29, 0.717) is 11.6 Å². The van der Waals surface area contributed by atoms with Gasteiger partial charge in [0.25, 0.3) is 0 Å². The van der Waals surface area contributed by atoms with E-state index < -0.39 is 11.9 Å². The van der Waals surface area contributed by atoms with E-state index in [-0.39, 0.29) is 11.1 Å². The van der Waals surface area contributed by atoms with Crippen molar-refractivity contribution in [3.8, 4) is 0 Å². The lowest BCUT2D eigenvalue weighted by molar-refractivity contribution is -0.164. The van der Waals surface area contributed by atoms with Crippen molar-refractivity contribution in [2.24, 2.45) is 0 Å². The monoisotopic (exact) mass is 304 g/mol. The predicted octanol–water partition coefficient (Wildman–Crippen LogP) is 3.62. The van der Waals surface area contributed by atoms with Crippen LogP contribution in [0.3, 0.4) is 0 Å². The topological polar surface area (TPSA) is 26.3 Å². The molecule has 0 unspecified atom stereocenters. The molecule has 0 aliphatic rings. The third-order valence-corrected chi connectivity index (χ3v) is 2.59. The van der Waals surface area contributed by atoms with Crippen molar-refractivity contribution in [3.63, 3.8) is 0 Å². The molecule has 0 bridgehead atoms. The van der Waals surface area contributed by atoms with Gasteiger partial charge in [-0.1, -0.05) is 46.3 Å². The second-order valence-electron chi connectivity index (χ2n) is 3.20. The molecular weight excluding hydrogens is 294 g/mol. The van der Waals surface area contributed by atoms with Gasteiger partial charge in [-0.25, -0.2) is 4.79 Å². The van der Waals surface area contributed by atoms with Gasteiger partial charge < -0.3 is 4.74 Å². The molecule has 0 heterocycles. The van der Waals surface area contributed by atoms with Gasteiger partial charge in [-0.2, -0.15) is 8.78 Å². The Bertz CT molecular complexity index is 416. The van der Waals surface area contributed by atoms with E-state index in [1.807, 2.05) is 0 Å². The van der Waals surface area contributed by atoms with Crippen molar-refractivity contribution in [2.75, 3.05) is 6.61 Å². The summed E-state index contributed by atoms with van der Waals surface area (Å²) in [5, 5.41) is 0. The maximum Gasteiger partial charge on any atom is 0.381 e. The van der Waals surface area contributed by atoms with Crippen LogP contribution in [0, 0.1) is 0 Å². The van der Waals surface area contributed by atoms with E-state index in [2.05, 4.69) is 20.7 Å². The molecule has 0 spiro atoms. The van der Waals surface area contributed by atoms with Gasteiger partial charge in [-0.05, 0) is 12.5 Å². The van der Waals surface area contributed by atoms with E-state index in [1.54, 1.807) is 30.3 Å². The summed E-state index contributed by atoms with van der Waals surface area (Å²) >= 11 is 3.01. The zero-order valence-electron chi connectivity index (χ0n) is 9.12. The molecule has 0 aliphatic heterocycles. The fourth-order valence-electron chi connectivity index (χ4n) is 1.13. The summed E-state index contributed by atoms with van der Waals surface area (Å²) in [6, 6.07) is 8.51. The Kier molecular flexibility index (Phi) is 4.81. The minimum atomic E-state index is -3.63. The molecular formula is C12H11BrF2O2. The Morgan fingerprint density at radius 3 is 2.53 bits per heavy atom. The van der Waals surface area contributed by atoms with Gasteiger partial charge in [0.2, 0.25) is 0 Å². The number of rotatable bonds is 4. The fraction of sp³-hybridized carbons (Fsp3) is 0.250. The highest BCUT2D eigenvalue weighted by atomic mass is 79.9. The van der Waals surface area contributed by atoms with Gasteiger partial charge in [0.05, 0.1) is 6.61 Å². The first kappa shape index (κ1) is 13.8. The lowest BCUT2D eigenvalue weighted by Gasteiger charge is -2.11. The number of alkyl halides is 2. The number of ether oxygens (including phenoxy) is 1. The van der Waals surface area contributed by atoms with Crippen LogP contribution in [0.25, 0.3) is 4.48 Å². The Morgan fingerprint density at radius 1 is 1.41 bits per heavy atom. The molecule has 17 heavy (non-hydrogen) atoms. The SMILES string of the molecule is CCOC(=O)C(F)(F)/C=C(/Br)c1ccccc1. The van der Waals surface area contributed by atoms with Crippen LogP contribution in [-0.4, -0.2) is 18.5 Å². The van der Waals surface area contributed by atoms with Gasteiger partial charge >= 0.3 is 11.9 Å². The van der Waals surface area contributed by atoms with E-state index in [4.69, 9.17) is 0 Å². The van der Waals surface area contributed by atoms with Crippen LogP contribution >= 0.6 is 15.9 Å². The molecule has 0 aliphatic carbocycles. The Hall–Kier alpha value is -1.23. The second-order valence-corrected chi connectivity index (χ2v) is 4.06. The first-order chi connectivity index (χ1) is 7.97. The first-order valence-electron chi connectivity index (χ1n) is 4.96. The number of benzene rings is 1. The molecule has 0 radical (unpaired) electrons. The van der Waals surface area contributed by atoms with Gasteiger partial charge in [-0.15, -0.1) is 0 Å². The van der Waals surface area contributed by atoms with Crippen molar-refractivity contribution >= 4 is 26.4 Å². The standard InChI is InChI=1S/C12H11BrF2O2/c1-2-17-11(16)12(14,15)8-10(13)9-6-4-3-5-7-9/h3-8H,2H2,1H3/b10-8+. The number of hydrogen-bond donors (Lipinski definition) is 0. The first-order valence-corrected chi connectivity index (χ1v) is 5.75. The highest BCUT2D eigenvalue weighted by Crippen LogP contribution is 2.28. The minimum Gasteiger partial charge on any atom is -0.461 e. The zero-order valence-corrected chi connectivity index (χ0v) is 10.7. The van der Waals surface area contributed by atoms with Crippen molar-refractivity contribution in [1.29, 1.82) is 0 Å². The molecule has 0 atom stereocenters. The van der Waals surface area contributed by atoms with E-state index in [1.165, 1.54) is 6.92 Å². The lowest BCUT2D eigenvalue weighted by atomic mass is 10.2. The summed E-state index contributed by atoms with van der Waals surface area (Å²) in [6.07, 6.45) is 0.542. The molecule has 5 heteroatoms. The summed E-state index contributed by atoms with van der Waals surface area (Å²) < 4.78 is 31.2. The van der Waals surface area contributed by atoms with Crippen LogP contribution in [0.2, 0.25) is 0 Å². The quantitative estimate of drug-likeness (QED) is 0.794. The molecule has 1 aromatic rings. The number of hydrogen-bond acceptors (Lipinski definition) is 2. The average molecular weight is 305 g/mol. The summed E-state index contributed by atoms with van der Waals surface area (Å²) in [5.74, 6) is -5.18. The highest BCUT2D eigenvalue weighted by molar-refractivity contribution is 9.15. The normalized spacial score (nSPS) is 12.4. The number of halogens is 3. The van der Waals surface area contributed by atoms with Crippen LogP contribution in [0.4, 0.5) is 8.78 Å². The fourth-order valence-corrected chi connectivity index (χ4v) is 1.68.